The summed E-state index contributed by atoms with van der Waals surface area (Å²) in [6.07, 6.45) is 3.18. The van der Waals surface area contributed by atoms with Crippen LogP contribution in [-0.4, -0.2) is 14.8 Å². The second kappa shape index (κ2) is 3.79. The van der Waals surface area contributed by atoms with Crippen molar-refractivity contribution < 1.29 is 0 Å². The zero-order valence-electron chi connectivity index (χ0n) is 7.39. The first kappa shape index (κ1) is 9.21. The van der Waals surface area contributed by atoms with Crippen molar-refractivity contribution >= 4 is 21.6 Å². The molecule has 0 aliphatic carbocycles. The van der Waals surface area contributed by atoms with Crippen molar-refractivity contribution in [2.75, 3.05) is 5.73 Å². The van der Waals surface area contributed by atoms with E-state index < -0.39 is 0 Å². The fourth-order valence-corrected chi connectivity index (χ4v) is 1.58. The molecule has 2 rings (SSSR count). The average Bonchev–Trinajstić information content (AvgIpc) is 2.62. The van der Waals surface area contributed by atoms with Gasteiger partial charge in [0, 0.05) is 10.2 Å². The van der Waals surface area contributed by atoms with Crippen LogP contribution >= 0.6 is 15.9 Å². The van der Waals surface area contributed by atoms with Gasteiger partial charge in [-0.3, -0.25) is 0 Å². The molecule has 0 aliphatic rings. The van der Waals surface area contributed by atoms with E-state index in [-0.39, 0.29) is 0 Å². The Morgan fingerprint density at radius 2 is 2.29 bits per heavy atom. The highest BCUT2D eigenvalue weighted by Gasteiger charge is 2.00. The third-order valence-electron chi connectivity index (χ3n) is 1.91. The predicted octanol–water partition coefficient (Wildman–Crippen LogP) is 1.67. The largest absolute Gasteiger partial charge is 0.398 e. The standard InChI is InChI=1S/C9H9BrN4/c10-8-2-1-7(9(11)3-8)4-14-6-12-5-13-14/h1-3,5-6H,4,11H2. The van der Waals surface area contributed by atoms with Gasteiger partial charge in [0.15, 0.2) is 0 Å². The Morgan fingerprint density at radius 1 is 1.43 bits per heavy atom. The molecule has 0 bridgehead atoms. The maximum absolute atomic E-state index is 5.85. The van der Waals surface area contributed by atoms with Crippen molar-refractivity contribution in [2.45, 2.75) is 6.54 Å². The predicted molar refractivity (Wildman–Crippen MR) is 57.7 cm³/mol. The lowest BCUT2D eigenvalue weighted by molar-refractivity contribution is 0.686. The fraction of sp³-hybridized carbons (Fsp3) is 0.111. The lowest BCUT2D eigenvalue weighted by Gasteiger charge is -2.05. The van der Waals surface area contributed by atoms with Gasteiger partial charge in [-0.25, -0.2) is 9.67 Å². The van der Waals surface area contributed by atoms with E-state index >= 15 is 0 Å². The second-order valence-electron chi connectivity index (χ2n) is 2.94. The minimum atomic E-state index is 0.652. The van der Waals surface area contributed by atoms with Crippen molar-refractivity contribution in [3.05, 3.63) is 40.9 Å². The molecule has 5 heteroatoms. The zero-order valence-corrected chi connectivity index (χ0v) is 8.98. The third kappa shape index (κ3) is 1.93. The minimum absolute atomic E-state index is 0.652. The lowest BCUT2D eigenvalue weighted by atomic mass is 10.2. The van der Waals surface area contributed by atoms with Gasteiger partial charge in [0.05, 0.1) is 6.54 Å². The lowest BCUT2D eigenvalue weighted by Crippen LogP contribution is -2.03. The fourth-order valence-electron chi connectivity index (χ4n) is 1.20. The molecule has 0 saturated heterocycles. The number of benzene rings is 1. The highest BCUT2D eigenvalue weighted by molar-refractivity contribution is 9.10. The number of hydrogen-bond donors (Lipinski definition) is 1. The summed E-state index contributed by atoms with van der Waals surface area (Å²) in [6, 6.07) is 5.82. The Bertz CT molecular complexity index is 424. The molecule has 14 heavy (non-hydrogen) atoms. The van der Waals surface area contributed by atoms with Gasteiger partial charge in [0.2, 0.25) is 0 Å². The summed E-state index contributed by atoms with van der Waals surface area (Å²) >= 11 is 3.36. The Hall–Kier alpha value is -1.36. The first-order valence-corrected chi connectivity index (χ1v) is 4.91. The Balaban J connectivity index is 2.25. The average molecular weight is 253 g/mol. The topological polar surface area (TPSA) is 56.7 Å². The van der Waals surface area contributed by atoms with Gasteiger partial charge in [-0.05, 0) is 17.7 Å². The van der Waals surface area contributed by atoms with Gasteiger partial charge < -0.3 is 5.73 Å². The summed E-state index contributed by atoms with van der Waals surface area (Å²) in [5, 5.41) is 4.01. The third-order valence-corrected chi connectivity index (χ3v) is 2.40. The van der Waals surface area contributed by atoms with Crippen LogP contribution in [0.25, 0.3) is 0 Å². The number of nitrogens with two attached hydrogens (primary N) is 1. The maximum Gasteiger partial charge on any atom is 0.137 e. The summed E-state index contributed by atoms with van der Waals surface area (Å²) in [7, 11) is 0. The van der Waals surface area contributed by atoms with Crippen LogP contribution < -0.4 is 5.73 Å². The molecule has 0 unspecified atom stereocenters. The van der Waals surface area contributed by atoms with E-state index in [2.05, 4.69) is 26.0 Å². The van der Waals surface area contributed by atoms with Crippen molar-refractivity contribution in [2.24, 2.45) is 0 Å². The van der Waals surface area contributed by atoms with Crippen LogP contribution in [0.15, 0.2) is 35.3 Å². The molecule has 0 saturated carbocycles. The van der Waals surface area contributed by atoms with Crippen molar-refractivity contribution in [3.63, 3.8) is 0 Å². The Labute approximate surface area is 89.9 Å². The number of halogens is 1. The van der Waals surface area contributed by atoms with Crippen LogP contribution in [0.3, 0.4) is 0 Å². The SMILES string of the molecule is Nc1cc(Br)ccc1Cn1cncn1. The number of anilines is 1. The highest BCUT2D eigenvalue weighted by Crippen LogP contribution is 2.18. The van der Waals surface area contributed by atoms with Gasteiger partial charge in [-0.2, -0.15) is 5.10 Å². The summed E-state index contributed by atoms with van der Waals surface area (Å²) in [5.74, 6) is 0. The summed E-state index contributed by atoms with van der Waals surface area (Å²) < 4.78 is 2.72. The van der Waals surface area contributed by atoms with Crippen LogP contribution in [0.4, 0.5) is 5.69 Å². The first-order valence-electron chi connectivity index (χ1n) is 4.12. The molecule has 0 atom stereocenters. The molecule has 1 heterocycles. The molecule has 4 nitrogen and oxygen atoms in total. The zero-order chi connectivity index (χ0) is 9.97. The summed E-state index contributed by atoms with van der Waals surface area (Å²) in [4.78, 5) is 3.87. The van der Waals surface area contributed by atoms with Crippen LogP contribution in [0, 0.1) is 0 Å². The number of aromatic nitrogens is 3. The van der Waals surface area contributed by atoms with Crippen LogP contribution in [-0.2, 0) is 6.54 Å². The Kier molecular flexibility index (Phi) is 2.49. The molecule has 1 aromatic carbocycles. The molecule has 0 fully saturated rings. The van der Waals surface area contributed by atoms with Crippen LogP contribution in [0.2, 0.25) is 0 Å². The van der Waals surface area contributed by atoms with Gasteiger partial charge in [-0.1, -0.05) is 22.0 Å². The maximum atomic E-state index is 5.85. The molecular weight excluding hydrogens is 244 g/mol. The molecule has 2 N–H and O–H groups in total. The molecule has 72 valence electrons. The van der Waals surface area contributed by atoms with E-state index in [9.17, 15) is 0 Å². The second-order valence-corrected chi connectivity index (χ2v) is 3.85. The minimum Gasteiger partial charge on any atom is -0.398 e. The summed E-state index contributed by atoms with van der Waals surface area (Å²) in [5.41, 5.74) is 7.65. The number of hydrogen-bond acceptors (Lipinski definition) is 3. The molecule has 0 amide bonds. The van der Waals surface area contributed by atoms with Crippen molar-refractivity contribution in [1.29, 1.82) is 0 Å². The van der Waals surface area contributed by atoms with E-state index in [1.54, 1.807) is 11.0 Å². The molecule has 0 radical (unpaired) electrons. The van der Waals surface area contributed by atoms with Gasteiger partial charge >= 0.3 is 0 Å². The highest BCUT2D eigenvalue weighted by atomic mass is 79.9. The normalized spacial score (nSPS) is 10.4. The van der Waals surface area contributed by atoms with E-state index in [0.717, 1.165) is 15.7 Å². The molecule has 2 aromatic rings. The molecular formula is C9H9BrN4. The van der Waals surface area contributed by atoms with Gasteiger partial charge in [0.25, 0.3) is 0 Å². The molecule has 0 spiro atoms. The van der Waals surface area contributed by atoms with Gasteiger partial charge in [-0.15, -0.1) is 0 Å². The van der Waals surface area contributed by atoms with Crippen molar-refractivity contribution in [3.8, 4) is 0 Å². The van der Waals surface area contributed by atoms with E-state index in [1.165, 1.54) is 6.33 Å². The number of nitrogen functional groups attached to an aromatic ring is 1. The number of rotatable bonds is 2. The number of nitrogens with zero attached hydrogens (tertiary/aromatic N) is 3. The monoisotopic (exact) mass is 252 g/mol. The quantitative estimate of drug-likeness (QED) is 0.828. The smallest absolute Gasteiger partial charge is 0.137 e. The van der Waals surface area contributed by atoms with E-state index in [1.807, 2.05) is 18.2 Å². The van der Waals surface area contributed by atoms with E-state index in [0.29, 0.717) is 6.54 Å². The molecule has 0 aliphatic heterocycles. The Morgan fingerprint density at radius 3 is 2.93 bits per heavy atom. The first-order chi connectivity index (χ1) is 6.75. The van der Waals surface area contributed by atoms with Crippen LogP contribution in [0.1, 0.15) is 5.56 Å². The molecule has 1 aromatic heterocycles. The van der Waals surface area contributed by atoms with Crippen LogP contribution in [0.5, 0.6) is 0 Å². The van der Waals surface area contributed by atoms with E-state index in [4.69, 9.17) is 5.73 Å². The van der Waals surface area contributed by atoms with Gasteiger partial charge in [0.1, 0.15) is 12.7 Å². The summed E-state index contributed by atoms with van der Waals surface area (Å²) in [6.45, 7) is 0.652. The van der Waals surface area contributed by atoms with Crippen molar-refractivity contribution in [1.82, 2.24) is 14.8 Å².